The van der Waals surface area contributed by atoms with Crippen LogP contribution in [0.2, 0.25) is 0 Å². The molecule has 1 aliphatic rings. The Morgan fingerprint density at radius 3 is 2.33 bits per heavy atom. The van der Waals surface area contributed by atoms with Gasteiger partial charge in [0.25, 0.3) is 0 Å². The normalized spacial score (nSPS) is 14.9. The molecule has 5 heteroatoms. The molecule has 0 radical (unpaired) electrons. The van der Waals surface area contributed by atoms with Gasteiger partial charge in [0.15, 0.2) is 17.3 Å². The highest BCUT2D eigenvalue weighted by atomic mass is 16.5. The van der Waals surface area contributed by atoms with E-state index >= 15 is 0 Å². The van der Waals surface area contributed by atoms with Crippen LogP contribution in [-0.2, 0) is 0 Å². The summed E-state index contributed by atoms with van der Waals surface area (Å²) in [6, 6.07) is 11.8. The van der Waals surface area contributed by atoms with E-state index in [0.29, 0.717) is 23.6 Å². The largest absolute Gasteiger partial charge is 0.493 e. The van der Waals surface area contributed by atoms with Crippen molar-refractivity contribution < 1.29 is 14.3 Å². The number of aryl methyl sites for hydroxylation is 1. The average molecular weight is 368 g/mol. The van der Waals surface area contributed by atoms with Gasteiger partial charge in [-0.15, -0.1) is 0 Å². The summed E-state index contributed by atoms with van der Waals surface area (Å²) in [4.78, 5) is 17.3. The van der Waals surface area contributed by atoms with Crippen LogP contribution in [0.25, 0.3) is 0 Å². The zero-order valence-corrected chi connectivity index (χ0v) is 16.6. The van der Waals surface area contributed by atoms with Gasteiger partial charge in [0.05, 0.1) is 20.8 Å². The third-order valence-corrected chi connectivity index (χ3v) is 5.36. The fraction of sp³-hybridized carbons (Fsp3) is 0.409. The second kappa shape index (κ2) is 8.44. The molecule has 0 saturated carbocycles. The van der Waals surface area contributed by atoms with E-state index in [1.54, 1.807) is 32.4 Å². The molecule has 0 bridgehead atoms. The molecule has 0 N–H and O–H groups in total. The van der Waals surface area contributed by atoms with Gasteiger partial charge in [0.2, 0.25) is 0 Å². The van der Waals surface area contributed by atoms with Gasteiger partial charge in [0.1, 0.15) is 0 Å². The van der Waals surface area contributed by atoms with Crippen LogP contribution in [0, 0.1) is 13.8 Å². The number of hydrogen-bond acceptors (Lipinski definition) is 5. The molecule has 1 saturated heterocycles. The van der Waals surface area contributed by atoms with Crippen LogP contribution in [0.5, 0.6) is 11.5 Å². The lowest BCUT2D eigenvalue weighted by molar-refractivity contribution is 0.0926. The molecule has 2 aromatic carbocycles. The van der Waals surface area contributed by atoms with E-state index < -0.39 is 0 Å². The minimum atomic E-state index is 0.108. The maximum atomic E-state index is 12.7. The Morgan fingerprint density at radius 1 is 0.963 bits per heavy atom. The van der Waals surface area contributed by atoms with Crippen LogP contribution in [0.15, 0.2) is 36.4 Å². The van der Waals surface area contributed by atoms with Gasteiger partial charge >= 0.3 is 0 Å². The van der Waals surface area contributed by atoms with E-state index in [-0.39, 0.29) is 5.78 Å². The predicted molar refractivity (Wildman–Crippen MR) is 108 cm³/mol. The summed E-state index contributed by atoms with van der Waals surface area (Å²) in [6.45, 7) is 8.39. The minimum absolute atomic E-state index is 0.108. The molecule has 0 unspecified atom stereocenters. The standard InChI is InChI=1S/C22H28N2O3/c1-16-6-5-7-19(17(16)2)24-12-10-23(11-13-24)15-20(25)18-8-9-21(26-3)22(14-18)27-4/h5-9,14H,10-13,15H2,1-4H3. The number of Topliss-reactive ketones (excluding diaryl/α,β-unsaturated/α-hetero) is 1. The zero-order valence-electron chi connectivity index (χ0n) is 16.6. The third kappa shape index (κ3) is 4.25. The van der Waals surface area contributed by atoms with Gasteiger partial charge in [-0.1, -0.05) is 12.1 Å². The van der Waals surface area contributed by atoms with Crippen molar-refractivity contribution in [3.63, 3.8) is 0 Å². The van der Waals surface area contributed by atoms with Gasteiger partial charge in [-0.3, -0.25) is 9.69 Å². The van der Waals surface area contributed by atoms with E-state index in [4.69, 9.17) is 9.47 Å². The van der Waals surface area contributed by atoms with Crippen molar-refractivity contribution in [3.8, 4) is 11.5 Å². The van der Waals surface area contributed by atoms with Crippen molar-refractivity contribution in [1.82, 2.24) is 4.90 Å². The van der Waals surface area contributed by atoms with Crippen LogP contribution < -0.4 is 14.4 Å². The first kappa shape index (κ1) is 19.2. The van der Waals surface area contributed by atoms with Gasteiger partial charge in [-0.2, -0.15) is 0 Å². The second-order valence-electron chi connectivity index (χ2n) is 6.98. The molecule has 3 rings (SSSR count). The Morgan fingerprint density at radius 2 is 1.67 bits per heavy atom. The summed E-state index contributed by atoms with van der Waals surface area (Å²) < 4.78 is 10.5. The van der Waals surface area contributed by atoms with Gasteiger partial charge < -0.3 is 14.4 Å². The number of anilines is 1. The molecule has 1 aliphatic heterocycles. The Kier molecular flexibility index (Phi) is 6.01. The number of rotatable bonds is 6. The van der Waals surface area contributed by atoms with Crippen LogP contribution >= 0.6 is 0 Å². The summed E-state index contributed by atoms with van der Waals surface area (Å²) >= 11 is 0. The second-order valence-corrected chi connectivity index (χ2v) is 6.98. The number of methoxy groups -OCH3 is 2. The number of benzene rings is 2. The monoisotopic (exact) mass is 368 g/mol. The number of carbonyl (C=O) groups is 1. The highest BCUT2D eigenvalue weighted by Gasteiger charge is 2.21. The fourth-order valence-corrected chi connectivity index (χ4v) is 3.53. The lowest BCUT2D eigenvalue weighted by Gasteiger charge is -2.36. The Balaban J connectivity index is 1.60. The van der Waals surface area contributed by atoms with Crippen molar-refractivity contribution in [3.05, 3.63) is 53.1 Å². The van der Waals surface area contributed by atoms with E-state index in [1.807, 2.05) is 0 Å². The Hall–Kier alpha value is -2.53. The molecule has 0 aliphatic carbocycles. The molecule has 1 heterocycles. The molecule has 0 spiro atoms. The molecule has 5 nitrogen and oxygen atoms in total. The first-order chi connectivity index (χ1) is 13.0. The maximum Gasteiger partial charge on any atom is 0.176 e. The molecule has 1 fully saturated rings. The molecule has 2 aromatic rings. The zero-order chi connectivity index (χ0) is 19.4. The molecular formula is C22H28N2O3. The summed E-state index contributed by atoms with van der Waals surface area (Å²) in [7, 11) is 3.17. The van der Waals surface area contributed by atoms with E-state index in [1.165, 1.54) is 16.8 Å². The summed E-state index contributed by atoms with van der Waals surface area (Å²) in [6.07, 6.45) is 0. The molecule has 0 atom stereocenters. The maximum absolute atomic E-state index is 12.7. The fourth-order valence-electron chi connectivity index (χ4n) is 3.53. The quantitative estimate of drug-likeness (QED) is 0.732. The first-order valence-electron chi connectivity index (χ1n) is 9.32. The smallest absolute Gasteiger partial charge is 0.176 e. The van der Waals surface area contributed by atoms with Crippen molar-refractivity contribution in [1.29, 1.82) is 0 Å². The van der Waals surface area contributed by atoms with Crippen molar-refractivity contribution in [2.24, 2.45) is 0 Å². The summed E-state index contributed by atoms with van der Waals surface area (Å²) in [5, 5.41) is 0. The molecule has 0 aromatic heterocycles. The minimum Gasteiger partial charge on any atom is -0.493 e. The van der Waals surface area contributed by atoms with Gasteiger partial charge in [-0.05, 0) is 49.2 Å². The van der Waals surface area contributed by atoms with Crippen LogP contribution in [0.3, 0.4) is 0 Å². The third-order valence-electron chi connectivity index (χ3n) is 5.36. The molecule has 27 heavy (non-hydrogen) atoms. The van der Waals surface area contributed by atoms with Crippen LogP contribution in [0.1, 0.15) is 21.5 Å². The van der Waals surface area contributed by atoms with E-state index in [2.05, 4.69) is 41.8 Å². The molecular weight excluding hydrogens is 340 g/mol. The first-order valence-corrected chi connectivity index (χ1v) is 9.32. The number of piperazine rings is 1. The number of ether oxygens (including phenoxy) is 2. The van der Waals surface area contributed by atoms with Crippen LogP contribution in [-0.4, -0.2) is 57.6 Å². The van der Waals surface area contributed by atoms with Gasteiger partial charge in [-0.25, -0.2) is 0 Å². The number of hydrogen-bond donors (Lipinski definition) is 0. The highest BCUT2D eigenvalue weighted by Crippen LogP contribution is 2.28. The Labute approximate surface area is 161 Å². The topological polar surface area (TPSA) is 42.0 Å². The average Bonchev–Trinajstić information content (AvgIpc) is 2.70. The summed E-state index contributed by atoms with van der Waals surface area (Å²) in [5.41, 5.74) is 4.62. The van der Waals surface area contributed by atoms with Gasteiger partial charge in [0, 0.05) is 37.4 Å². The number of ketones is 1. The van der Waals surface area contributed by atoms with Crippen molar-refractivity contribution in [2.75, 3.05) is 51.8 Å². The molecule has 0 amide bonds. The predicted octanol–water partition coefficient (Wildman–Crippen LogP) is 3.33. The summed E-state index contributed by atoms with van der Waals surface area (Å²) in [5.74, 6) is 1.33. The van der Waals surface area contributed by atoms with Crippen molar-refractivity contribution >= 4 is 11.5 Å². The lowest BCUT2D eigenvalue weighted by Crippen LogP contribution is -2.48. The van der Waals surface area contributed by atoms with Crippen molar-refractivity contribution in [2.45, 2.75) is 13.8 Å². The van der Waals surface area contributed by atoms with Crippen LogP contribution in [0.4, 0.5) is 5.69 Å². The SMILES string of the molecule is COc1ccc(C(=O)CN2CCN(c3cccc(C)c3C)CC2)cc1OC. The molecule has 144 valence electrons. The lowest BCUT2D eigenvalue weighted by atomic mass is 10.1. The number of carbonyl (C=O) groups excluding carboxylic acids is 1. The van der Waals surface area contributed by atoms with E-state index in [0.717, 1.165) is 26.2 Å². The highest BCUT2D eigenvalue weighted by molar-refractivity contribution is 5.98. The van der Waals surface area contributed by atoms with E-state index in [9.17, 15) is 4.79 Å². The number of nitrogens with zero attached hydrogens (tertiary/aromatic N) is 2. The Bertz CT molecular complexity index is 811.